The number of nitrogens with zero attached hydrogens (tertiary/aromatic N) is 4. The molecule has 0 saturated carbocycles. The Bertz CT molecular complexity index is 4520. The summed E-state index contributed by atoms with van der Waals surface area (Å²) in [5.74, 6) is -10.9. The fraction of sp³-hybridized carbons (Fsp3) is 0.366. The Labute approximate surface area is 552 Å². The second-order valence-electron chi connectivity index (χ2n) is 27.8. The molecule has 4 aliphatic rings. The van der Waals surface area contributed by atoms with Crippen LogP contribution in [0.4, 0.5) is 64.1 Å². The van der Waals surface area contributed by atoms with E-state index in [9.17, 15) is 48.3 Å². The molecule has 516 valence electrons. The van der Waals surface area contributed by atoms with Crippen molar-refractivity contribution in [2.24, 2.45) is 0 Å². The molecule has 6 aromatic rings. The van der Waals surface area contributed by atoms with Gasteiger partial charge in [0.25, 0.3) is 47.3 Å². The molecule has 15 nitrogen and oxygen atoms in total. The number of hydrogen-bond donors (Lipinski definition) is 1. The van der Waals surface area contributed by atoms with Crippen LogP contribution >= 0.6 is 0 Å². The van der Waals surface area contributed by atoms with Gasteiger partial charge in [-0.25, -0.2) is 14.6 Å². The Balaban J connectivity index is 1.01. The van der Waals surface area contributed by atoms with Crippen molar-refractivity contribution >= 4 is 64.6 Å². The van der Waals surface area contributed by atoms with Gasteiger partial charge < -0.3 is 9.84 Å². The van der Waals surface area contributed by atoms with Crippen molar-refractivity contribution in [2.75, 3.05) is 23.0 Å². The Kier molecular flexibility index (Phi) is 16.6. The van der Waals surface area contributed by atoms with Crippen LogP contribution in [-0.4, -0.2) is 117 Å². The van der Waals surface area contributed by atoms with E-state index < -0.39 is 177 Å². The number of ether oxygens (including phenoxy) is 1. The number of aliphatic hydroxyl groups excluding tert-OH is 1. The number of anilines is 2. The second kappa shape index (κ2) is 22.8. The highest BCUT2D eigenvalue weighted by Gasteiger charge is 2.75. The standard InChI is InChI=1S/C71H62F12N4O11/c1-33-25-34(2)52(85-54(90)44-20-16-38(30-48(44)56(85)92)67(70(78,79)80,71(81,82)83)39-17-21-45-49(31-39)59(95)86(57(45)93)63(7,8)9)35(3)51(33)64(10,11)65(12,13)87-58(94)46-22-18-40(32-50(46)60(87)96)66(68(72,73)74,69(75,76)77)37-15-19-43-47(29-37)55(91)84(53(43)89)42-27-36(61(97)98-24-14-23-88)26-41(28-42)62(4,5)6/h15-22,25-32,88H,14,23-24H2,1-13H3. The number of imide groups is 4. The zero-order valence-electron chi connectivity index (χ0n) is 54.7. The predicted octanol–water partition coefficient (Wildman–Crippen LogP) is 14.6. The summed E-state index contributed by atoms with van der Waals surface area (Å²) in [6.07, 6.45) is -25.3. The monoisotopic (exact) mass is 1370 g/mol. The van der Waals surface area contributed by atoms with E-state index in [4.69, 9.17) is 4.74 Å². The number of alkyl halides is 12. The van der Waals surface area contributed by atoms with E-state index in [0.717, 1.165) is 6.07 Å². The summed E-state index contributed by atoms with van der Waals surface area (Å²) in [5, 5.41) is 9.19. The summed E-state index contributed by atoms with van der Waals surface area (Å²) in [6.45, 7) is 18.7. The van der Waals surface area contributed by atoms with Crippen molar-refractivity contribution in [3.05, 3.63) is 197 Å². The predicted molar refractivity (Wildman–Crippen MR) is 329 cm³/mol. The number of amides is 8. The van der Waals surface area contributed by atoms with Gasteiger partial charge in [-0.3, -0.25) is 48.2 Å². The second-order valence-corrected chi connectivity index (χ2v) is 27.8. The number of benzene rings is 6. The average Bonchev–Trinajstić information content (AvgIpc) is 1.25. The molecule has 0 bridgehead atoms. The normalized spacial score (nSPS) is 15.9. The third-order valence-corrected chi connectivity index (χ3v) is 19.3. The highest BCUT2D eigenvalue weighted by Crippen LogP contribution is 2.60. The van der Waals surface area contributed by atoms with Gasteiger partial charge in [0.2, 0.25) is 10.8 Å². The van der Waals surface area contributed by atoms with Crippen molar-refractivity contribution < 1.29 is 106 Å². The highest BCUT2D eigenvalue weighted by molar-refractivity contribution is 6.36. The molecule has 0 atom stereocenters. The van der Waals surface area contributed by atoms with Gasteiger partial charge in [0, 0.05) is 24.0 Å². The Morgan fingerprint density at radius 1 is 0.418 bits per heavy atom. The van der Waals surface area contributed by atoms with Gasteiger partial charge in [-0.05, 0) is 178 Å². The number of esters is 1. The van der Waals surface area contributed by atoms with Crippen molar-refractivity contribution in [2.45, 2.75) is 154 Å². The average molecular weight is 1380 g/mol. The molecule has 0 aliphatic carbocycles. The summed E-state index contributed by atoms with van der Waals surface area (Å²) in [6, 6.07) is 10.2. The van der Waals surface area contributed by atoms with E-state index in [0.29, 0.717) is 85.3 Å². The van der Waals surface area contributed by atoms with Crippen LogP contribution in [0.2, 0.25) is 0 Å². The van der Waals surface area contributed by atoms with E-state index in [1.54, 1.807) is 20.8 Å². The number of hydrogen-bond acceptors (Lipinski definition) is 11. The summed E-state index contributed by atoms with van der Waals surface area (Å²) < 4.78 is 196. The van der Waals surface area contributed by atoms with Gasteiger partial charge in [-0.15, -0.1) is 0 Å². The van der Waals surface area contributed by atoms with Crippen LogP contribution in [0.3, 0.4) is 0 Å². The minimum Gasteiger partial charge on any atom is -0.462 e. The molecular weight excluding hydrogens is 1310 g/mol. The number of halogens is 12. The molecule has 4 heterocycles. The lowest BCUT2D eigenvalue weighted by atomic mass is 9.65. The van der Waals surface area contributed by atoms with Gasteiger partial charge in [0.15, 0.2) is 0 Å². The first-order valence-electron chi connectivity index (χ1n) is 30.4. The molecule has 8 amide bonds. The number of rotatable bonds is 13. The molecular formula is C71H62F12N4O11. The minimum atomic E-state index is -6.38. The van der Waals surface area contributed by atoms with E-state index in [2.05, 4.69) is 0 Å². The SMILES string of the molecule is Cc1cc(C)c(C(C)(C)C(C)(C)N2C(=O)c3ccc(C(c4ccc5c(c4)C(=O)N(c4cc(C(=O)OCCCO)cc(C(C)(C)C)c4)C5=O)(C(F)(F)F)C(F)(F)F)cc3C2=O)c(C)c1N1C(=O)c2ccc(C(c3ccc4c(c3)C(=O)N(C(C)(C)C)C4=O)(C(F)(F)F)C(F)(F)F)cc2C1=O. The number of carbonyl (C=O) groups is 9. The van der Waals surface area contributed by atoms with Crippen LogP contribution in [0.5, 0.6) is 0 Å². The Hall–Kier alpha value is -9.53. The third kappa shape index (κ3) is 10.2. The van der Waals surface area contributed by atoms with E-state index in [-0.39, 0.29) is 71.5 Å². The fourth-order valence-corrected chi connectivity index (χ4v) is 14.1. The molecule has 1 N–H and O–H groups in total. The van der Waals surface area contributed by atoms with Gasteiger partial charge in [0.1, 0.15) is 0 Å². The van der Waals surface area contributed by atoms with Crippen LogP contribution in [0, 0.1) is 20.8 Å². The Morgan fingerprint density at radius 3 is 1.17 bits per heavy atom. The smallest absolute Gasteiger partial charge is 0.411 e. The molecule has 4 aliphatic heterocycles. The zero-order chi connectivity index (χ0) is 73.2. The lowest BCUT2D eigenvalue weighted by Gasteiger charge is -2.48. The van der Waals surface area contributed by atoms with Crippen molar-refractivity contribution in [1.82, 2.24) is 9.80 Å². The molecule has 0 saturated heterocycles. The maximum atomic E-state index is 16.1. The topological polar surface area (TPSA) is 196 Å². The van der Waals surface area contributed by atoms with Crippen molar-refractivity contribution in [3.63, 3.8) is 0 Å². The molecule has 27 heteroatoms. The quantitative estimate of drug-likeness (QED) is 0.0500. The number of carbonyl (C=O) groups excluding carboxylic acids is 9. The van der Waals surface area contributed by atoms with Crippen molar-refractivity contribution in [3.8, 4) is 0 Å². The minimum absolute atomic E-state index is 0.0201. The lowest BCUT2D eigenvalue weighted by molar-refractivity contribution is -0.290. The molecule has 0 spiro atoms. The number of fused-ring (bicyclic) bond motifs is 4. The van der Waals surface area contributed by atoms with Gasteiger partial charge in [-0.2, -0.15) is 52.7 Å². The van der Waals surface area contributed by atoms with Crippen LogP contribution < -0.4 is 9.80 Å². The molecule has 10 rings (SSSR count). The molecule has 6 aromatic carbocycles. The maximum absolute atomic E-state index is 16.1. The summed E-state index contributed by atoms with van der Waals surface area (Å²) in [4.78, 5) is 130. The third-order valence-electron chi connectivity index (χ3n) is 19.3. The molecule has 0 fully saturated rings. The highest BCUT2D eigenvalue weighted by atomic mass is 19.4. The van der Waals surface area contributed by atoms with Crippen LogP contribution in [-0.2, 0) is 26.4 Å². The van der Waals surface area contributed by atoms with Crippen LogP contribution in [0.1, 0.15) is 219 Å². The molecule has 0 radical (unpaired) electrons. The van der Waals surface area contributed by atoms with E-state index in [1.807, 2.05) is 0 Å². The first kappa shape index (κ1) is 71.2. The lowest BCUT2D eigenvalue weighted by Crippen LogP contribution is -2.58. The molecule has 0 unspecified atom stereocenters. The largest absolute Gasteiger partial charge is 0.462 e. The van der Waals surface area contributed by atoms with Gasteiger partial charge in [0.05, 0.1) is 73.6 Å². The summed E-state index contributed by atoms with van der Waals surface area (Å²) in [7, 11) is 0. The van der Waals surface area contributed by atoms with Crippen LogP contribution in [0.25, 0.3) is 0 Å². The molecule has 0 aromatic heterocycles. The Morgan fingerprint density at radius 2 is 0.776 bits per heavy atom. The first-order chi connectivity index (χ1) is 44.9. The first-order valence-corrected chi connectivity index (χ1v) is 30.4. The van der Waals surface area contributed by atoms with Gasteiger partial charge in [-0.1, -0.05) is 65.0 Å². The maximum Gasteiger partial charge on any atom is 0.411 e. The van der Waals surface area contributed by atoms with E-state index >= 15 is 52.7 Å². The fourth-order valence-electron chi connectivity index (χ4n) is 14.1. The van der Waals surface area contributed by atoms with Crippen molar-refractivity contribution in [1.29, 1.82) is 0 Å². The summed E-state index contributed by atoms with van der Waals surface area (Å²) >= 11 is 0. The zero-order valence-corrected chi connectivity index (χ0v) is 54.7. The van der Waals surface area contributed by atoms with E-state index in [1.165, 1.54) is 87.4 Å². The molecule has 98 heavy (non-hydrogen) atoms. The number of aliphatic hydroxyl groups is 1. The van der Waals surface area contributed by atoms with Gasteiger partial charge >= 0.3 is 30.7 Å². The van der Waals surface area contributed by atoms with Crippen LogP contribution in [0.15, 0.2) is 97.1 Å². The number of aryl methyl sites for hydroxylation is 2. The summed E-state index contributed by atoms with van der Waals surface area (Å²) in [5.41, 5.74) is -27.9.